The molecule has 0 radical (unpaired) electrons. The predicted octanol–water partition coefficient (Wildman–Crippen LogP) is 32.6. The number of thiophene rings is 1. The number of benzene rings is 20. The fraction of sp³-hybridized carbons (Fsp3) is 0. The first-order valence-electron chi connectivity index (χ1n) is 47.2. The fourth-order valence-electron chi connectivity index (χ4n) is 22.0. The molecule has 0 bridgehead atoms. The van der Waals surface area contributed by atoms with Crippen molar-refractivity contribution in [1.82, 2.24) is 57.3 Å². The summed E-state index contributed by atoms with van der Waals surface area (Å²) >= 11 is 1.81. The third kappa shape index (κ3) is 12.2. The summed E-state index contributed by atoms with van der Waals surface area (Å²) in [4.78, 5) is 30.4. The Kier molecular flexibility index (Phi) is 17.7. The highest BCUT2D eigenvalue weighted by Crippen LogP contribution is 2.49. The Labute approximate surface area is 803 Å². The van der Waals surface area contributed by atoms with Crippen LogP contribution in [0.4, 0.5) is 0 Å². The van der Waals surface area contributed by atoms with Gasteiger partial charge in [0.15, 0.2) is 40.5 Å². The predicted molar refractivity (Wildman–Crippen MR) is 578 cm³/mol. The molecule has 14 heteroatoms. The number of furan rings is 1. The lowest BCUT2D eigenvalue weighted by atomic mass is 10.1. The van der Waals surface area contributed by atoms with Gasteiger partial charge in [-0.2, -0.15) is 0 Å². The first kappa shape index (κ1) is 78.7. The average molecular weight is 1810 g/mol. The minimum Gasteiger partial charge on any atom is -0.453 e. The van der Waals surface area contributed by atoms with Crippen molar-refractivity contribution in [2.45, 2.75) is 0 Å². The Bertz CT molecular complexity index is 9560. The summed E-state index contributed by atoms with van der Waals surface area (Å²) in [5.41, 5.74) is 27.6. The zero-order chi connectivity index (χ0) is 91.7. The molecular formula is C126H76N12OS. The van der Waals surface area contributed by atoms with E-state index < -0.39 is 0 Å². The highest BCUT2D eigenvalue weighted by Gasteiger charge is 2.28. The van der Waals surface area contributed by atoms with E-state index in [-0.39, 0.29) is 0 Å². The Morgan fingerprint density at radius 3 is 0.743 bits per heavy atom. The number of para-hydroxylation sites is 10. The van der Waals surface area contributed by atoms with Gasteiger partial charge in [-0.3, -0.25) is 0 Å². The van der Waals surface area contributed by atoms with Crippen LogP contribution in [0.1, 0.15) is 0 Å². The minimum atomic E-state index is 0.552. The second-order valence-corrected chi connectivity index (χ2v) is 36.9. The first-order chi connectivity index (χ1) is 69.5. The number of fused-ring (bicyclic) bond motifs is 24. The molecule has 0 saturated carbocycles. The monoisotopic (exact) mass is 1800 g/mol. The molecule has 0 amide bonds. The molecule has 652 valence electrons. The van der Waals surface area contributed by atoms with Crippen molar-refractivity contribution in [3.05, 3.63) is 461 Å². The van der Waals surface area contributed by atoms with Crippen LogP contribution < -0.4 is 0 Å². The number of hydrogen-bond acceptors (Lipinski definition) is 8. The molecule has 140 heavy (non-hydrogen) atoms. The number of aromatic nitrogens is 12. The van der Waals surface area contributed by atoms with Crippen LogP contribution in [0.25, 0.3) is 275 Å². The van der Waals surface area contributed by atoms with Crippen LogP contribution in [0.5, 0.6) is 0 Å². The molecule has 0 saturated heterocycles. The van der Waals surface area contributed by atoms with Crippen molar-refractivity contribution in [3.8, 4) is 102 Å². The van der Waals surface area contributed by atoms with Gasteiger partial charge in [-0.1, -0.05) is 315 Å². The highest BCUT2D eigenvalue weighted by atomic mass is 32.1. The van der Waals surface area contributed by atoms with E-state index >= 15 is 0 Å². The second kappa shape index (κ2) is 31.4. The Hall–Kier alpha value is -18.8. The van der Waals surface area contributed by atoms with Crippen molar-refractivity contribution in [3.63, 3.8) is 0 Å². The largest absolute Gasteiger partial charge is 0.453 e. The van der Waals surface area contributed by atoms with E-state index in [9.17, 15) is 0 Å². The van der Waals surface area contributed by atoms with Gasteiger partial charge in [0.2, 0.25) is 0 Å². The standard InChI is InChI=1S/C63H38N6O.C63H38N6S/c2*1-3-17-39(18-4-1)61-64-62(40-19-5-2-6-20-40)66-63(65-61)49-27-15-25-47-48-26-16-32-58(60(48)70-59(47)49)69-55-31-14-10-24-46(55)51-38-42(34-36-57(51)69)68-54-30-13-9-23-45(54)50-37-41(33-35-56(50)68)67-52-28-11-7-21-43(52)44-22-8-12-29-53(44)67/h2*1-38H. The van der Waals surface area contributed by atoms with E-state index in [1.165, 1.54) is 102 Å². The van der Waals surface area contributed by atoms with Gasteiger partial charge < -0.3 is 31.8 Å². The number of nitrogens with zero attached hydrogens (tertiary/aromatic N) is 12. The topological polar surface area (TPSA) is 120 Å². The average Bonchev–Trinajstić information content (AvgIpc) is 1.55. The second-order valence-electron chi connectivity index (χ2n) is 35.9. The van der Waals surface area contributed by atoms with Crippen molar-refractivity contribution < 1.29 is 4.42 Å². The maximum Gasteiger partial charge on any atom is 0.167 e. The van der Waals surface area contributed by atoms with E-state index in [1.54, 1.807) is 11.3 Å². The van der Waals surface area contributed by atoms with Crippen LogP contribution in [0.3, 0.4) is 0 Å². The smallest absolute Gasteiger partial charge is 0.167 e. The van der Waals surface area contributed by atoms with Gasteiger partial charge >= 0.3 is 0 Å². The van der Waals surface area contributed by atoms with Crippen molar-refractivity contribution >= 4 is 184 Å². The molecule has 13 nitrogen and oxygen atoms in total. The Morgan fingerprint density at radius 2 is 0.393 bits per heavy atom. The van der Waals surface area contributed by atoms with E-state index in [4.69, 9.17) is 34.3 Å². The van der Waals surface area contributed by atoms with Crippen molar-refractivity contribution in [2.75, 3.05) is 0 Å². The maximum atomic E-state index is 7.12. The summed E-state index contributed by atoms with van der Waals surface area (Å²) in [6, 6.07) is 164. The molecule has 0 unspecified atom stereocenters. The SMILES string of the molecule is c1ccc(-c2nc(-c3ccccc3)nc(-c3cccc4c3oc3c(-n5c6ccccc6c6cc(-n7c8ccccc8c8cc(-n9c%10ccccc%10c%10ccccc%109)ccc87)ccc65)cccc34)n2)cc1.c1ccc(-c2nc(-c3ccccc3)nc(-c3cccc4c3sc3c(-n5c6ccccc6c6cc(-n7c8ccccc8c8cc(-n9c%10ccccc%10c%10ccccc%109)ccc87)ccc65)cccc34)n2)cc1. The molecule has 30 aromatic rings. The van der Waals surface area contributed by atoms with Crippen LogP contribution >= 0.6 is 11.3 Å². The molecule has 0 aliphatic rings. The summed E-state index contributed by atoms with van der Waals surface area (Å²) < 4.78 is 23.9. The van der Waals surface area contributed by atoms with Crippen molar-refractivity contribution in [1.29, 1.82) is 0 Å². The normalized spacial score (nSPS) is 12.0. The van der Waals surface area contributed by atoms with E-state index in [0.29, 0.717) is 34.9 Å². The lowest BCUT2D eigenvalue weighted by molar-refractivity contribution is 0.667. The quantitative estimate of drug-likeness (QED) is 0.119. The van der Waals surface area contributed by atoms with E-state index in [1.807, 2.05) is 103 Å². The van der Waals surface area contributed by atoms with Gasteiger partial charge in [-0.25, -0.2) is 29.9 Å². The van der Waals surface area contributed by atoms with Crippen LogP contribution in [-0.2, 0) is 0 Å². The van der Waals surface area contributed by atoms with Gasteiger partial charge in [-0.05, 0) is 146 Å². The molecule has 0 aliphatic heterocycles. The summed E-state index contributed by atoms with van der Waals surface area (Å²) in [6.07, 6.45) is 0. The lowest BCUT2D eigenvalue weighted by Gasteiger charge is -2.12. The molecule has 10 aromatic heterocycles. The van der Waals surface area contributed by atoms with Crippen LogP contribution in [0.2, 0.25) is 0 Å². The molecule has 0 aliphatic carbocycles. The zero-order valence-electron chi connectivity index (χ0n) is 75.1. The van der Waals surface area contributed by atoms with Crippen LogP contribution in [-0.4, -0.2) is 57.3 Å². The summed E-state index contributed by atoms with van der Waals surface area (Å²) in [7, 11) is 0. The molecule has 0 spiro atoms. The Morgan fingerprint density at radius 1 is 0.157 bits per heavy atom. The van der Waals surface area contributed by atoms with Crippen molar-refractivity contribution in [2.24, 2.45) is 0 Å². The number of rotatable bonds is 12. The van der Waals surface area contributed by atoms with Gasteiger partial charge in [0, 0.05) is 141 Å². The summed E-state index contributed by atoms with van der Waals surface area (Å²) in [5, 5.41) is 19.0. The molecule has 10 heterocycles. The zero-order valence-corrected chi connectivity index (χ0v) is 75.9. The van der Waals surface area contributed by atoms with E-state index in [2.05, 4.69) is 385 Å². The molecule has 0 atom stereocenters. The molecule has 0 fully saturated rings. The Balaban J connectivity index is 0.000000134. The molecule has 20 aromatic carbocycles. The summed E-state index contributed by atoms with van der Waals surface area (Å²) in [5.74, 6) is 3.72. The molecule has 0 N–H and O–H groups in total. The fourth-order valence-corrected chi connectivity index (χ4v) is 23.4. The van der Waals surface area contributed by atoms with Crippen LogP contribution in [0, 0.1) is 0 Å². The van der Waals surface area contributed by atoms with Gasteiger partial charge in [0.1, 0.15) is 5.58 Å². The minimum absolute atomic E-state index is 0.552. The molecular weight excluding hydrogens is 1730 g/mol. The van der Waals surface area contributed by atoms with Gasteiger partial charge in [0.05, 0.1) is 87.8 Å². The third-order valence-corrected chi connectivity index (χ3v) is 29.5. The maximum absolute atomic E-state index is 7.12. The van der Waals surface area contributed by atoms with Gasteiger partial charge in [-0.15, -0.1) is 11.3 Å². The van der Waals surface area contributed by atoms with Gasteiger partial charge in [0.25, 0.3) is 0 Å². The first-order valence-corrected chi connectivity index (χ1v) is 48.0. The van der Waals surface area contributed by atoms with E-state index in [0.717, 1.165) is 138 Å². The highest BCUT2D eigenvalue weighted by molar-refractivity contribution is 7.26. The molecule has 30 rings (SSSR count). The summed E-state index contributed by atoms with van der Waals surface area (Å²) in [6.45, 7) is 0. The third-order valence-electron chi connectivity index (χ3n) is 28.2. The van der Waals surface area contributed by atoms with Crippen LogP contribution in [0.15, 0.2) is 465 Å². The number of hydrogen-bond donors (Lipinski definition) is 0. The lowest BCUT2D eigenvalue weighted by Crippen LogP contribution is -2.00.